The molecule has 224 valence electrons. The zero-order chi connectivity index (χ0) is 31.9. The lowest BCUT2D eigenvalue weighted by Crippen LogP contribution is -2.01. The summed E-state index contributed by atoms with van der Waals surface area (Å²) in [5.74, 6) is 1.94. The molecule has 0 spiro atoms. The molecule has 3 heteroatoms. The second-order valence-corrected chi connectivity index (χ2v) is 12.0. The van der Waals surface area contributed by atoms with Gasteiger partial charge in [-0.2, -0.15) is 0 Å². The van der Waals surface area contributed by atoms with E-state index in [2.05, 4.69) is 133 Å². The number of rotatable bonds is 5. The molecule has 0 unspecified atom stereocenters. The van der Waals surface area contributed by atoms with Crippen molar-refractivity contribution in [1.82, 2.24) is 15.0 Å². The number of benzene rings is 8. The quantitative estimate of drug-likeness (QED) is 0.144. The fourth-order valence-electron chi connectivity index (χ4n) is 6.81. The standard InChI is InChI=1S/C45H29N3/c1-3-13-30(14-4-1)36-19-11-12-22-40(36)45-47-43(33-16-5-2-6-17-33)46-44(48-45)34-25-23-32(24-26-34)42-38-21-10-8-18-35(38)29-41-37-20-9-7-15-31(37)27-28-39(41)42/h1-29H. The van der Waals surface area contributed by atoms with Crippen molar-refractivity contribution >= 4 is 32.3 Å². The molecule has 0 N–H and O–H groups in total. The first-order valence-corrected chi connectivity index (χ1v) is 16.2. The van der Waals surface area contributed by atoms with Gasteiger partial charge < -0.3 is 0 Å². The summed E-state index contributed by atoms with van der Waals surface area (Å²) in [5, 5.41) is 7.48. The molecular formula is C45H29N3. The minimum atomic E-state index is 0.641. The Morgan fingerprint density at radius 2 is 0.792 bits per heavy atom. The second-order valence-electron chi connectivity index (χ2n) is 12.0. The zero-order valence-corrected chi connectivity index (χ0v) is 26.1. The third-order valence-electron chi connectivity index (χ3n) is 9.12. The molecule has 3 nitrogen and oxygen atoms in total. The van der Waals surface area contributed by atoms with Crippen LogP contribution in [0, 0.1) is 0 Å². The number of fused-ring (bicyclic) bond motifs is 4. The first kappa shape index (κ1) is 27.8. The lowest BCUT2D eigenvalue weighted by Gasteiger charge is -2.15. The predicted molar refractivity (Wildman–Crippen MR) is 200 cm³/mol. The van der Waals surface area contributed by atoms with Crippen LogP contribution in [0.2, 0.25) is 0 Å². The minimum absolute atomic E-state index is 0.641. The number of hydrogen-bond acceptors (Lipinski definition) is 3. The van der Waals surface area contributed by atoms with Crippen molar-refractivity contribution in [2.24, 2.45) is 0 Å². The molecule has 0 amide bonds. The summed E-state index contributed by atoms with van der Waals surface area (Å²) in [6, 6.07) is 61.7. The van der Waals surface area contributed by atoms with Crippen molar-refractivity contribution in [3.05, 3.63) is 176 Å². The first-order valence-electron chi connectivity index (χ1n) is 16.2. The Balaban J connectivity index is 1.21. The lowest BCUT2D eigenvalue weighted by molar-refractivity contribution is 1.07. The van der Waals surface area contributed by atoms with Crippen molar-refractivity contribution in [3.63, 3.8) is 0 Å². The monoisotopic (exact) mass is 611 g/mol. The molecule has 0 atom stereocenters. The summed E-state index contributed by atoms with van der Waals surface area (Å²) in [6.45, 7) is 0. The topological polar surface area (TPSA) is 38.7 Å². The minimum Gasteiger partial charge on any atom is -0.208 e. The van der Waals surface area contributed by atoms with Gasteiger partial charge in [0.25, 0.3) is 0 Å². The molecule has 0 bridgehead atoms. The van der Waals surface area contributed by atoms with Crippen LogP contribution in [0.25, 0.3) is 88.7 Å². The smallest absolute Gasteiger partial charge is 0.164 e. The van der Waals surface area contributed by atoms with Crippen LogP contribution >= 0.6 is 0 Å². The van der Waals surface area contributed by atoms with Crippen LogP contribution in [0.4, 0.5) is 0 Å². The Morgan fingerprint density at radius 1 is 0.271 bits per heavy atom. The van der Waals surface area contributed by atoms with E-state index in [-0.39, 0.29) is 0 Å². The van der Waals surface area contributed by atoms with Crippen LogP contribution in [0.1, 0.15) is 0 Å². The molecule has 1 aromatic heterocycles. The van der Waals surface area contributed by atoms with E-state index in [4.69, 9.17) is 15.0 Å². The van der Waals surface area contributed by atoms with E-state index in [1.807, 2.05) is 42.5 Å². The van der Waals surface area contributed by atoms with Gasteiger partial charge in [-0.05, 0) is 60.6 Å². The SMILES string of the molecule is c1ccc(-c2nc(-c3ccc(-c4c5ccccc5cc5c4ccc4ccccc45)cc3)nc(-c3ccccc3-c3ccccc3)n2)cc1. The van der Waals surface area contributed by atoms with Gasteiger partial charge in [0.1, 0.15) is 0 Å². The fraction of sp³-hybridized carbons (Fsp3) is 0. The summed E-state index contributed by atoms with van der Waals surface area (Å²) in [5.41, 5.74) is 7.45. The summed E-state index contributed by atoms with van der Waals surface area (Å²) in [4.78, 5) is 15.1. The van der Waals surface area contributed by atoms with Crippen molar-refractivity contribution in [1.29, 1.82) is 0 Å². The average Bonchev–Trinajstić information content (AvgIpc) is 3.17. The van der Waals surface area contributed by atoms with E-state index >= 15 is 0 Å². The van der Waals surface area contributed by atoms with Gasteiger partial charge in [0.05, 0.1) is 0 Å². The molecule has 9 aromatic rings. The summed E-state index contributed by atoms with van der Waals surface area (Å²) in [7, 11) is 0. The highest BCUT2D eigenvalue weighted by atomic mass is 15.0. The van der Waals surface area contributed by atoms with Crippen molar-refractivity contribution < 1.29 is 0 Å². The van der Waals surface area contributed by atoms with E-state index in [9.17, 15) is 0 Å². The highest BCUT2D eigenvalue weighted by Gasteiger charge is 2.17. The van der Waals surface area contributed by atoms with Crippen molar-refractivity contribution in [2.75, 3.05) is 0 Å². The Kier molecular flexibility index (Phi) is 6.80. The highest BCUT2D eigenvalue weighted by Crippen LogP contribution is 2.40. The van der Waals surface area contributed by atoms with Gasteiger partial charge in [-0.3, -0.25) is 0 Å². The Bertz CT molecular complexity index is 2590. The molecule has 0 fully saturated rings. The molecule has 0 radical (unpaired) electrons. The van der Waals surface area contributed by atoms with Crippen LogP contribution in [0.15, 0.2) is 176 Å². The van der Waals surface area contributed by atoms with E-state index < -0.39 is 0 Å². The molecule has 48 heavy (non-hydrogen) atoms. The van der Waals surface area contributed by atoms with Crippen LogP contribution in [-0.2, 0) is 0 Å². The lowest BCUT2D eigenvalue weighted by atomic mass is 9.89. The number of hydrogen-bond donors (Lipinski definition) is 0. The summed E-state index contributed by atoms with van der Waals surface area (Å²) >= 11 is 0. The maximum absolute atomic E-state index is 5.10. The van der Waals surface area contributed by atoms with E-state index in [1.54, 1.807) is 0 Å². The first-order chi connectivity index (χ1) is 23.8. The van der Waals surface area contributed by atoms with Crippen LogP contribution in [0.3, 0.4) is 0 Å². The molecule has 1 heterocycles. The Hall–Kier alpha value is -6.45. The Morgan fingerprint density at radius 3 is 1.52 bits per heavy atom. The van der Waals surface area contributed by atoms with Crippen LogP contribution in [0.5, 0.6) is 0 Å². The molecule has 0 aliphatic carbocycles. The molecule has 8 aromatic carbocycles. The normalized spacial score (nSPS) is 11.3. The Labute approximate surface area is 278 Å². The average molecular weight is 612 g/mol. The second kappa shape index (κ2) is 11.7. The summed E-state index contributed by atoms with van der Waals surface area (Å²) < 4.78 is 0. The van der Waals surface area contributed by atoms with E-state index in [1.165, 1.54) is 37.9 Å². The van der Waals surface area contributed by atoms with Gasteiger partial charge in [-0.1, -0.05) is 170 Å². The largest absolute Gasteiger partial charge is 0.208 e. The van der Waals surface area contributed by atoms with Crippen molar-refractivity contribution in [2.45, 2.75) is 0 Å². The molecule has 9 rings (SSSR count). The van der Waals surface area contributed by atoms with Crippen molar-refractivity contribution in [3.8, 4) is 56.4 Å². The van der Waals surface area contributed by atoms with Crippen LogP contribution in [-0.4, -0.2) is 15.0 Å². The maximum atomic E-state index is 5.10. The van der Waals surface area contributed by atoms with Crippen LogP contribution < -0.4 is 0 Å². The summed E-state index contributed by atoms with van der Waals surface area (Å²) in [6.07, 6.45) is 0. The van der Waals surface area contributed by atoms with Gasteiger partial charge in [-0.25, -0.2) is 15.0 Å². The van der Waals surface area contributed by atoms with E-state index in [0.29, 0.717) is 17.5 Å². The third kappa shape index (κ3) is 4.90. The zero-order valence-electron chi connectivity index (χ0n) is 26.1. The third-order valence-corrected chi connectivity index (χ3v) is 9.12. The molecule has 0 aliphatic heterocycles. The van der Waals surface area contributed by atoms with Gasteiger partial charge in [-0.15, -0.1) is 0 Å². The highest BCUT2D eigenvalue weighted by molar-refractivity contribution is 6.20. The number of nitrogens with zero attached hydrogens (tertiary/aromatic N) is 3. The van der Waals surface area contributed by atoms with Gasteiger partial charge in [0, 0.05) is 16.7 Å². The van der Waals surface area contributed by atoms with E-state index in [0.717, 1.165) is 33.4 Å². The maximum Gasteiger partial charge on any atom is 0.164 e. The van der Waals surface area contributed by atoms with Gasteiger partial charge >= 0.3 is 0 Å². The number of aromatic nitrogens is 3. The molecule has 0 aliphatic rings. The van der Waals surface area contributed by atoms with Gasteiger partial charge in [0.2, 0.25) is 0 Å². The molecular weight excluding hydrogens is 583 g/mol. The fourth-order valence-corrected chi connectivity index (χ4v) is 6.81. The molecule has 0 saturated heterocycles. The molecule has 0 saturated carbocycles. The van der Waals surface area contributed by atoms with Gasteiger partial charge in [0.15, 0.2) is 17.5 Å². The predicted octanol–water partition coefficient (Wildman–Crippen LogP) is 11.7.